The molecular weight excluding hydrogens is 268 g/mol. The van der Waals surface area contributed by atoms with Gasteiger partial charge in [0, 0.05) is 23.2 Å². The molecule has 0 rings (SSSR count). The molecule has 0 aliphatic carbocycles. The molecule has 0 aromatic heterocycles. The van der Waals surface area contributed by atoms with Crippen LogP contribution in [0.3, 0.4) is 0 Å². The SMILES string of the molecule is C=C/C(C)=C(\N=C)[C@H](CN)CC(/C=C(/Cl)C=C)=C(C)C. The number of nitrogens with two attached hydrogens (primary N) is 1. The van der Waals surface area contributed by atoms with Gasteiger partial charge in [0.05, 0.1) is 0 Å². The molecule has 0 fully saturated rings. The summed E-state index contributed by atoms with van der Waals surface area (Å²) in [4.78, 5) is 4.12. The van der Waals surface area contributed by atoms with Crippen molar-refractivity contribution in [3.8, 4) is 0 Å². The Morgan fingerprint density at radius 1 is 1.25 bits per heavy atom. The third-order valence-corrected chi connectivity index (χ3v) is 3.43. The third-order valence-electron chi connectivity index (χ3n) is 3.17. The first-order valence-corrected chi connectivity index (χ1v) is 6.94. The fourth-order valence-corrected chi connectivity index (χ4v) is 2.00. The van der Waals surface area contributed by atoms with E-state index < -0.39 is 0 Å². The minimum absolute atomic E-state index is 0.0981. The Balaban J connectivity index is 5.50. The van der Waals surface area contributed by atoms with Crippen LogP contribution in [-0.2, 0) is 0 Å². The molecule has 0 aromatic rings. The second-order valence-electron chi connectivity index (χ2n) is 4.83. The Labute approximate surface area is 128 Å². The van der Waals surface area contributed by atoms with Gasteiger partial charge in [-0.15, -0.1) is 0 Å². The van der Waals surface area contributed by atoms with E-state index in [1.807, 2.05) is 13.0 Å². The molecule has 20 heavy (non-hydrogen) atoms. The lowest BCUT2D eigenvalue weighted by Gasteiger charge is -2.19. The van der Waals surface area contributed by atoms with Crippen molar-refractivity contribution in [2.45, 2.75) is 27.2 Å². The van der Waals surface area contributed by atoms with Crippen LogP contribution >= 0.6 is 11.6 Å². The zero-order chi connectivity index (χ0) is 15.7. The first-order chi connectivity index (χ1) is 9.40. The van der Waals surface area contributed by atoms with Crippen LogP contribution < -0.4 is 5.73 Å². The largest absolute Gasteiger partial charge is 0.330 e. The van der Waals surface area contributed by atoms with Gasteiger partial charge in [0.25, 0.3) is 0 Å². The highest BCUT2D eigenvalue weighted by Gasteiger charge is 2.15. The average Bonchev–Trinajstić information content (AvgIpc) is 2.44. The van der Waals surface area contributed by atoms with E-state index in [0.717, 1.165) is 23.3 Å². The molecule has 0 heterocycles. The maximum absolute atomic E-state index is 6.05. The molecule has 3 heteroatoms. The molecule has 0 aliphatic rings. The molecule has 0 amide bonds. The van der Waals surface area contributed by atoms with Crippen molar-refractivity contribution in [3.05, 3.63) is 58.8 Å². The molecule has 0 radical (unpaired) electrons. The van der Waals surface area contributed by atoms with E-state index in [0.29, 0.717) is 11.6 Å². The van der Waals surface area contributed by atoms with Crippen molar-refractivity contribution < 1.29 is 0 Å². The minimum Gasteiger partial charge on any atom is -0.330 e. The van der Waals surface area contributed by atoms with E-state index in [-0.39, 0.29) is 5.92 Å². The van der Waals surface area contributed by atoms with E-state index in [1.165, 1.54) is 5.57 Å². The summed E-state index contributed by atoms with van der Waals surface area (Å²) in [6.07, 6.45) is 6.10. The van der Waals surface area contributed by atoms with E-state index in [9.17, 15) is 0 Å². The molecule has 0 aromatic carbocycles. The van der Waals surface area contributed by atoms with Crippen LogP contribution in [0.1, 0.15) is 27.2 Å². The molecule has 0 saturated carbocycles. The van der Waals surface area contributed by atoms with Gasteiger partial charge >= 0.3 is 0 Å². The van der Waals surface area contributed by atoms with Crippen molar-refractivity contribution in [1.29, 1.82) is 0 Å². The van der Waals surface area contributed by atoms with Gasteiger partial charge < -0.3 is 5.73 Å². The van der Waals surface area contributed by atoms with E-state index >= 15 is 0 Å². The lowest BCUT2D eigenvalue weighted by atomic mass is 9.91. The van der Waals surface area contributed by atoms with Gasteiger partial charge in [0.1, 0.15) is 0 Å². The second kappa shape index (κ2) is 9.51. The summed E-state index contributed by atoms with van der Waals surface area (Å²) < 4.78 is 0. The van der Waals surface area contributed by atoms with Crippen LogP contribution in [0.4, 0.5) is 0 Å². The number of rotatable bonds is 8. The number of nitrogens with zero attached hydrogens (tertiary/aromatic N) is 1. The Kier molecular flexibility index (Phi) is 8.86. The minimum atomic E-state index is 0.0981. The molecule has 110 valence electrons. The highest BCUT2D eigenvalue weighted by Crippen LogP contribution is 2.26. The van der Waals surface area contributed by atoms with Crippen molar-refractivity contribution >= 4 is 18.3 Å². The van der Waals surface area contributed by atoms with Crippen LogP contribution in [-0.4, -0.2) is 13.3 Å². The van der Waals surface area contributed by atoms with Gasteiger partial charge in [-0.05, 0) is 51.1 Å². The normalized spacial score (nSPS) is 14.2. The van der Waals surface area contributed by atoms with Crippen LogP contribution in [0.25, 0.3) is 0 Å². The molecular formula is C17H25ClN2. The van der Waals surface area contributed by atoms with Gasteiger partial charge in [-0.3, -0.25) is 4.99 Å². The van der Waals surface area contributed by atoms with Crippen molar-refractivity contribution in [2.75, 3.05) is 6.54 Å². The Morgan fingerprint density at radius 2 is 1.85 bits per heavy atom. The highest BCUT2D eigenvalue weighted by molar-refractivity contribution is 6.31. The zero-order valence-electron chi connectivity index (χ0n) is 12.7. The zero-order valence-corrected chi connectivity index (χ0v) is 13.5. The molecule has 0 spiro atoms. The molecule has 2 nitrogen and oxygen atoms in total. The van der Waals surface area contributed by atoms with Crippen LogP contribution in [0.2, 0.25) is 0 Å². The molecule has 0 bridgehead atoms. The second-order valence-corrected chi connectivity index (χ2v) is 5.26. The number of hydrogen-bond acceptors (Lipinski definition) is 2. The summed E-state index contributed by atoms with van der Waals surface area (Å²) in [5, 5.41) is 0.620. The number of hydrogen-bond donors (Lipinski definition) is 1. The van der Waals surface area contributed by atoms with Crippen LogP contribution in [0.15, 0.2) is 63.8 Å². The van der Waals surface area contributed by atoms with Gasteiger partial charge in [-0.2, -0.15) is 0 Å². The van der Waals surface area contributed by atoms with E-state index in [2.05, 4.69) is 38.7 Å². The summed E-state index contributed by atoms with van der Waals surface area (Å²) in [6, 6.07) is 0. The van der Waals surface area contributed by atoms with Crippen molar-refractivity contribution in [1.82, 2.24) is 0 Å². The number of aliphatic imine (C=N–C) groups is 1. The standard InChI is InChI=1S/C17H25ClN2/c1-7-13(5)17(20-6)15(11-19)9-14(12(3)4)10-16(18)8-2/h7-8,10,15H,1-2,6,9,11,19H2,3-5H3/b16-10+,17-13-/t15-/m0/s1. The Bertz CT molecular complexity index is 463. The number of halogens is 1. The van der Waals surface area contributed by atoms with Gasteiger partial charge in [0.2, 0.25) is 0 Å². The first-order valence-electron chi connectivity index (χ1n) is 6.57. The average molecular weight is 293 g/mol. The molecule has 1 atom stereocenters. The summed E-state index contributed by atoms with van der Waals surface area (Å²) >= 11 is 6.05. The van der Waals surface area contributed by atoms with Gasteiger partial charge in [-0.25, -0.2) is 0 Å². The third kappa shape index (κ3) is 5.72. The fraction of sp³-hybridized carbons (Fsp3) is 0.353. The van der Waals surface area contributed by atoms with Crippen molar-refractivity contribution in [2.24, 2.45) is 16.6 Å². The Morgan fingerprint density at radius 3 is 2.20 bits per heavy atom. The summed E-state index contributed by atoms with van der Waals surface area (Å²) in [5.74, 6) is 0.0981. The molecule has 0 saturated heterocycles. The predicted octanol–water partition coefficient (Wildman–Crippen LogP) is 4.76. The van der Waals surface area contributed by atoms with Crippen LogP contribution in [0.5, 0.6) is 0 Å². The lowest BCUT2D eigenvalue weighted by molar-refractivity contribution is 0.611. The van der Waals surface area contributed by atoms with Gasteiger partial charge in [-0.1, -0.05) is 42.5 Å². The maximum atomic E-state index is 6.05. The molecule has 0 unspecified atom stereocenters. The predicted molar refractivity (Wildman–Crippen MR) is 92.1 cm³/mol. The lowest BCUT2D eigenvalue weighted by Crippen LogP contribution is -2.17. The first kappa shape index (κ1) is 18.6. The molecule has 2 N–H and O–H groups in total. The monoisotopic (exact) mass is 292 g/mol. The fourth-order valence-electron chi connectivity index (χ4n) is 1.87. The van der Waals surface area contributed by atoms with Crippen LogP contribution in [0, 0.1) is 5.92 Å². The number of allylic oxidation sites excluding steroid dienone is 7. The summed E-state index contributed by atoms with van der Waals surface area (Å²) in [7, 11) is 0. The smallest absolute Gasteiger partial charge is 0.0472 e. The van der Waals surface area contributed by atoms with Crippen molar-refractivity contribution in [3.63, 3.8) is 0 Å². The quantitative estimate of drug-likeness (QED) is 0.508. The maximum Gasteiger partial charge on any atom is 0.0472 e. The topological polar surface area (TPSA) is 38.4 Å². The summed E-state index contributed by atoms with van der Waals surface area (Å²) in [5.41, 5.74) is 10.1. The van der Waals surface area contributed by atoms with E-state index in [4.69, 9.17) is 17.3 Å². The molecule has 0 aliphatic heterocycles. The highest BCUT2D eigenvalue weighted by atomic mass is 35.5. The van der Waals surface area contributed by atoms with Gasteiger partial charge in [0.15, 0.2) is 0 Å². The Hall–Kier alpha value is -1.38. The van der Waals surface area contributed by atoms with E-state index in [1.54, 1.807) is 12.2 Å². The summed E-state index contributed by atoms with van der Waals surface area (Å²) in [6.45, 7) is 17.7.